The third kappa shape index (κ3) is 3.76. The highest BCUT2D eigenvalue weighted by Gasteiger charge is 2.27. The average molecular weight is 290 g/mol. The summed E-state index contributed by atoms with van der Waals surface area (Å²) in [5.41, 5.74) is 10.6. The molecule has 1 aromatic rings. The molecular formula is C17H26N2O2. The van der Waals surface area contributed by atoms with Crippen LogP contribution in [0.25, 0.3) is 0 Å². The highest BCUT2D eigenvalue weighted by atomic mass is 16.6. The molecule has 116 valence electrons. The van der Waals surface area contributed by atoms with Gasteiger partial charge in [0, 0.05) is 19.1 Å². The Morgan fingerprint density at radius 2 is 2.00 bits per heavy atom. The van der Waals surface area contributed by atoms with E-state index in [-0.39, 0.29) is 12.1 Å². The van der Waals surface area contributed by atoms with E-state index in [0.717, 1.165) is 12.0 Å². The van der Waals surface area contributed by atoms with Crippen molar-refractivity contribution in [2.45, 2.75) is 59.2 Å². The van der Waals surface area contributed by atoms with Crippen molar-refractivity contribution in [3.05, 3.63) is 34.4 Å². The fourth-order valence-electron chi connectivity index (χ4n) is 2.78. The van der Waals surface area contributed by atoms with Crippen LogP contribution in [0, 0.1) is 13.8 Å². The van der Waals surface area contributed by atoms with E-state index >= 15 is 0 Å². The van der Waals surface area contributed by atoms with Gasteiger partial charge in [0.05, 0.1) is 0 Å². The number of fused-ring (bicyclic) bond motifs is 1. The molecule has 1 aromatic carbocycles. The summed E-state index contributed by atoms with van der Waals surface area (Å²) in [6.07, 6.45) is 0.498. The number of hydrogen-bond acceptors (Lipinski definition) is 3. The molecule has 2 N–H and O–H groups in total. The number of nitrogens with zero attached hydrogens (tertiary/aromatic N) is 1. The van der Waals surface area contributed by atoms with Gasteiger partial charge in [0.2, 0.25) is 0 Å². The first kappa shape index (κ1) is 15.8. The molecule has 21 heavy (non-hydrogen) atoms. The molecule has 0 saturated heterocycles. The van der Waals surface area contributed by atoms with Crippen LogP contribution < -0.4 is 5.73 Å². The third-order valence-corrected chi connectivity index (χ3v) is 3.76. The molecule has 1 atom stereocenters. The maximum Gasteiger partial charge on any atom is 0.410 e. The number of aryl methyl sites for hydroxylation is 2. The van der Waals surface area contributed by atoms with Gasteiger partial charge in [0.25, 0.3) is 0 Å². The molecule has 2 rings (SSSR count). The fraction of sp³-hybridized carbons (Fsp3) is 0.588. The molecule has 1 unspecified atom stereocenters. The SMILES string of the molecule is Cc1cc(C)c2c(c1)C(N)CCN(C(=O)OC(C)(C)C)C2. The van der Waals surface area contributed by atoms with Gasteiger partial charge in [-0.1, -0.05) is 17.7 Å². The minimum atomic E-state index is -0.476. The number of benzene rings is 1. The summed E-state index contributed by atoms with van der Waals surface area (Å²) in [6, 6.07) is 4.27. The summed E-state index contributed by atoms with van der Waals surface area (Å²) in [7, 11) is 0. The minimum absolute atomic E-state index is 0.0222. The van der Waals surface area contributed by atoms with Crippen molar-refractivity contribution in [3.63, 3.8) is 0 Å². The van der Waals surface area contributed by atoms with Gasteiger partial charge in [-0.2, -0.15) is 0 Å². The van der Waals surface area contributed by atoms with Crippen LogP contribution in [0.2, 0.25) is 0 Å². The van der Waals surface area contributed by atoms with Crippen molar-refractivity contribution in [2.75, 3.05) is 6.54 Å². The van der Waals surface area contributed by atoms with Gasteiger partial charge in [0.15, 0.2) is 0 Å². The minimum Gasteiger partial charge on any atom is -0.444 e. The quantitative estimate of drug-likeness (QED) is 0.796. The summed E-state index contributed by atoms with van der Waals surface area (Å²) in [4.78, 5) is 14.1. The van der Waals surface area contributed by atoms with E-state index in [0.29, 0.717) is 13.1 Å². The van der Waals surface area contributed by atoms with Crippen LogP contribution >= 0.6 is 0 Å². The van der Waals surface area contributed by atoms with E-state index in [2.05, 4.69) is 26.0 Å². The Balaban J connectivity index is 2.29. The standard InChI is InChI=1S/C17H26N2O2/c1-11-8-12(2)14-10-19(16(20)21-17(3,4)5)7-6-15(18)13(14)9-11/h8-9,15H,6-7,10,18H2,1-5H3. The number of carbonyl (C=O) groups excluding carboxylic acids is 1. The molecule has 0 bridgehead atoms. The van der Waals surface area contributed by atoms with Gasteiger partial charge in [-0.15, -0.1) is 0 Å². The Morgan fingerprint density at radius 1 is 1.33 bits per heavy atom. The maximum atomic E-state index is 12.3. The predicted molar refractivity (Wildman–Crippen MR) is 84.1 cm³/mol. The van der Waals surface area contributed by atoms with Crippen molar-refractivity contribution in [1.29, 1.82) is 0 Å². The lowest BCUT2D eigenvalue weighted by atomic mass is 9.94. The van der Waals surface area contributed by atoms with Gasteiger partial charge < -0.3 is 15.4 Å². The topological polar surface area (TPSA) is 55.6 Å². The Hall–Kier alpha value is -1.55. The van der Waals surface area contributed by atoms with Crippen molar-refractivity contribution >= 4 is 6.09 Å². The van der Waals surface area contributed by atoms with Gasteiger partial charge in [-0.25, -0.2) is 4.79 Å². The van der Waals surface area contributed by atoms with E-state index in [1.54, 1.807) is 4.90 Å². The molecule has 0 spiro atoms. The van der Waals surface area contributed by atoms with E-state index in [4.69, 9.17) is 10.5 Å². The molecule has 1 amide bonds. The largest absolute Gasteiger partial charge is 0.444 e. The van der Waals surface area contributed by atoms with Crippen molar-refractivity contribution < 1.29 is 9.53 Å². The zero-order valence-electron chi connectivity index (χ0n) is 13.7. The lowest BCUT2D eigenvalue weighted by Crippen LogP contribution is -2.36. The normalized spacial score (nSPS) is 19.0. The van der Waals surface area contributed by atoms with Gasteiger partial charge in [-0.05, 0) is 57.7 Å². The van der Waals surface area contributed by atoms with Crippen LogP contribution in [0.5, 0.6) is 0 Å². The number of amides is 1. The van der Waals surface area contributed by atoms with Crippen molar-refractivity contribution in [3.8, 4) is 0 Å². The lowest BCUT2D eigenvalue weighted by Gasteiger charge is -2.27. The zero-order valence-corrected chi connectivity index (χ0v) is 13.7. The molecule has 0 aromatic heterocycles. The van der Waals surface area contributed by atoms with Crippen LogP contribution in [0.1, 0.15) is 55.5 Å². The molecule has 0 radical (unpaired) electrons. The van der Waals surface area contributed by atoms with Crippen LogP contribution in [-0.4, -0.2) is 23.1 Å². The molecule has 0 saturated carbocycles. The van der Waals surface area contributed by atoms with E-state index in [1.807, 2.05) is 20.8 Å². The lowest BCUT2D eigenvalue weighted by molar-refractivity contribution is 0.0234. The van der Waals surface area contributed by atoms with Gasteiger partial charge >= 0.3 is 6.09 Å². The molecular weight excluding hydrogens is 264 g/mol. The Bertz CT molecular complexity index is 546. The number of ether oxygens (including phenoxy) is 1. The first-order valence-corrected chi connectivity index (χ1v) is 7.51. The number of nitrogens with two attached hydrogens (primary N) is 1. The molecule has 1 aliphatic heterocycles. The molecule has 4 heteroatoms. The van der Waals surface area contributed by atoms with Crippen LogP contribution in [0.3, 0.4) is 0 Å². The monoisotopic (exact) mass is 290 g/mol. The number of carbonyl (C=O) groups is 1. The van der Waals surface area contributed by atoms with E-state index in [1.165, 1.54) is 16.7 Å². The summed E-state index contributed by atoms with van der Waals surface area (Å²) < 4.78 is 5.49. The highest BCUT2D eigenvalue weighted by molar-refractivity contribution is 5.68. The molecule has 0 aliphatic carbocycles. The fourth-order valence-corrected chi connectivity index (χ4v) is 2.78. The zero-order chi connectivity index (χ0) is 15.8. The molecule has 1 heterocycles. The Labute approximate surface area is 127 Å². The molecule has 0 fully saturated rings. The number of hydrogen-bond donors (Lipinski definition) is 1. The number of rotatable bonds is 0. The van der Waals surface area contributed by atoms with Crippen molar-refractivity contribution in [1.82, 2.24) is 4.90 Å². The van der Waals surface area contributed by atoms with E-state index in [9.17, 15) is 4.79 Å². The summed E-state index contributed by atoms with van der Waals surface area (Å²) in [5, 5.41) is 0. The van der Waals surface area contributed by atoms with Gasteiger partial charge in [0.1, 0.15) is 5.60 Å². The van der Waals surface area contributed by atoms with Crippen LogP contribution in [0.15, 0.2) is 12.1 Å². The Morgan fingerprint density at radius 3 is 2.62 bits per heavy atom. The highest BCUT2D eigenvalue weighted by Crippen LogP contribution is 2.29. The second kappa shape index (κ2) is 5.68. The second-order valence-corrected chi connectivity index (χ2v) is 6.95. The summed E-state index contributed by atoms with van der Waals surface area (Å²) in [6.45, 7) is 11.0. The average Bonchev–Trinajstić information content (AvgIpc) is 2.48. The van der Waals surface area contributed by atoms with Crippen LogP contribution in [0.4, 0.5) is 4.79 Å². The molecule has 1 aliphatic rings. The summed E-state index contributed by atoms with van der Waals surface area (Å²) in [5.74, 6) is 0. The second-order valence-electron chi connectivity index (χ2n) is 6.95. The van der Waals surface area contributed by atoms with Crippen molar-refractivity contribution in [2.24, 2.45) is 5.73 Å². The smallest absolute Gasteiger partial charge is 0.410 e. The third-order valence-electron chi connectivity index (χ3n) is 3.76. The first-order valence-electron chi connectivity index (χ1n) is 7.51. The summed E-state index contributed by atoms with van der Waals surface area (Å²) >= 11 is 0. The van der Waals surface area contributed by atoms with Crippen LogP contribution in [-0.2, 0) is 11.3 Å². The first-order chi connectivity index (χ1) is 9.67. The predicted octanol–water partition coefficient (Wildman–Crippen LogP) is 3.44. The Kier molecular flexibility index (Phi) is 4.28. The molecule has 4 nitrogen and oxygen atoms in total. The van der Waals surface area contributed by atoms with E-state index < -0.39 is 5.60 Å². The maximum absolute atomic E-state index is 12.3. The van der Waals surface area contributed by atoms with Gasteiger partial charge in [-0.3, -0.25) is 0 Å².